The Balaban J connectivity index is 1.52. The fraction of sp³-hybridized carbons (Fsp3) is 0.367. The predicted molar refractivity (Wildman–Crippen MR) is 154 cm³/mol. The molecule has 4 N–H and O–H groups in total. The Morgan fingerprint density at radius 1 is 1.18 bits per heavy atom. The highest BCUT2D eigenvalue weighted by molar-refractivity contribution is 6.29. The summed E-state index contributed by atoms with van der Waals surface area (Å²) >= 11 is 6.20. The Bertz CT molecular complexity index is 1310. The zero-order valence-electron chi connectivity index (χ0n) is 22.6. The number of carbonyl (C=O) groups excluding carboxylic acids is 1. The molecule has 4 bridgehead atoms. The average molecular weight is 550 g/mol. The van der Waals surface area contributed by atoms with Crippen molar-refractivity contribution >= 4 is 23.3 Å². The van der Waals surface area contributed by atoms with Gasteiger partial charge in [-0.2, -0.15) is 0 Å². The number of aromatic nitrogens is 2. The molecule has 206 valence electrons. The molecule has 0 saturated heterocycles. The van der Waals surface area contributed by atoms with Crippen molar-refractivity contribution in [3.05, 3.63) is 94.4 Å². The van der Waals surface area contributed by atoms with Gasteiger partial charge in [-0.3, -0.25) is 9.78 Å². The Morgan fingerprint density at radius 2 is 2.03 bits per heavy atom. The molecule has 2 aromatic heterocycles. The van der Waals surface area contributed by atoms with Gasteiger partial charge in [0.15, 0.2) is 0 Å². The number of nitrogens with zero attached hydrogens (tertiary/aromatic N) is 2. The number of pyridine rings is 2. The van der Waals surface area contributed by atoms with Crippen LogP contribution in [0.5, 0.6) is 5.75 Å². The van der Waals surface area contributed by atoms with Crippen molar-refractivity contribution < 1.29 is 14.6 Å². The summed E-state index contributed by atoms with van der Waals surface area (Å²) in [6.07, 6.45) is 5.18. The van der Waals surface area contributed by atoms with Gasteiger partial charge in [-0.05, 0) is 65.4 Å². The van der Waals surface area contributed by atoms with Crippen molar-refractivity contribution in [2.24, 2.45) is 0 Å². The second kappa shape index (κ2) is 13.1. The molecule has 1 amide bonds. The number of aliphatic hydroxyl groups excluding tert-OH is 1. The molecule has 39 heavy (non-hydrogen) atoms. The first-order valence-electron chi connectivity index (χ1n) is 13.1. The molecule has 3 aromatic rings. The maximum absolute atomic E-state index is 13.3. The monoisotopic (exact) mass is 549 g/mol. The number of aliphatic hydroxyl groups is 1. The van der Waals surface area contributed by atoms with Crippen molar-refractivity contribution in [2.75, 3.05) is 25.0 Å². The number of carbonyl (C=O) groups is 1. The Kier molecular flexibility index (Phi) is 9.56. The van der Waals surface area contributed by atoms with Gasteiger partial charge >= 0.3 is 0 Å². The minimum atomic E-state index is -0.874. The van der Waals surface area contributed by atoms with E-state index in [1.165, 1.54) is 11.6 Å². The topological polar surface area (TPSA) is 108 Å². The van der Waals surface area contributed by atoms with Crippen molar-refractivity contribution in [3.8, 4) is 5.75 Å². The summed E-state index contributed by atoms with van der Waals surface area (Å²) in [4.78, 5) is 22.0. The lowest BCUT2D eigenvalue weighted by atomic mass is 9.87. The SMILES string of the molecule is CC(C)(C)c1ccnc(CNC[C@@H](O)[C@@H]2Cc3cccc(c3)OC/C=C\CNc3cc(cc(Cl)n3)C(=O)N2)c1. The van der Waals surface area contributed by atoms with E-state index in [-0.39, 0.29) is 23.0 Å². The quantitative estimate of drug-likeness (QED) is 0.278. The molecule has 0 radical (unpaired) electrons. The summed E-state index contributed by atoms with van der Waals surface area (Å²) in [5, 5.41) is 20.9. The first kappa shape index (κ1) is 28.5. The average Bonchev–Trinajstić information content (AvgIpc) is 2.89. The highest BCUT2D eigenvalue weighted by Gasteiger charge is 2.23. The highest BCUT2D eigenvalue weighted by atomic mass is 35.5. The molecule has 8 nitrogen and oxygen atoms in total. The molecule has 1 aliphatic heterocycles. The van der Waals surface area contributed by atoms with Crippen LogP contribution in [0.25, 0.3) is 0 Å². The molecule has 0 saturated carbocycles. The van der Waals surface area contributed by atoms with Crippen LogP contribution in [0.1, 0.15) is 48.0 Å². The van der Waals surface area contributed by atoms with E-state index in [1.807, 2.05) is 48.7 Å². The lowest BCUT2D eigenvalue weighted by molar-refractivity contribution is 0.0829. The first-order chi connectivity index (χ1) is 18.7. The number of benzene rings is 1. The van der Waals surface area contributed by atoms with Crippen LogP contribution in [0.2, 0.25) is 5.15 Å². The molecule has 1 aromatic carbocycles. The molecular formula is C30H36ClN5O3. The van der Waals surface area contributed by atoms with Gasteiger partial charge in [0, 0.05) is 31.4 Å². The molecule has 2 atom stereocenters. The summed E-state index contributed by atoms with van der Waals surface area (Å²) in [6.45, 7) is 8.15. The van der Waals surface area contributed by atoms with E-state index < -0.39 is 12.1 Å². The summed E-state index contributed by atoms with van der Waals surface area (Å²) in [5.74, 6) is 0.860. The normalized spacial score (nSPS) is 17.9. The van der Waals surface area contributed by atoms with Gasteiger partial charge in [-0.15, -0.1) is 0 Å². The highest BCUT2D eigenvalue weighted by Crippen LogP contribution is 2.22. The minimum Gasteiger partial charge on any atom is -0.490 e. The fourth-order valence-electron chi connectivity index (χ4n) is 4.26. The van der Waals surface area contributed by atoms with E-state index in [0.717, 1.165) is 17.0 Å². The predicted octanol–water partition coefficient (Wildman–Crippen LogP) is 4.28. The van der Waals surface area contributed by atoms with Gasteiger partial charge in [-0.1, -0.05) is 50.6 Å². The summed E-state index contributed by atoms with van der Waals surface area (Å²) in [5.41, 5.74) is 3.40. The molecule has 0 unspecified atom stereocenters. The fourth-order valence-corrected chi connectivity index (χ4v) is 4.47. The molecule has 0 fully saturated rings. The largest absolute Gasteiger partial charge is 0.490 e. The van der Waals surface area contributed by atoms with Crippen LogP contribution in [0.3, 0.4) is 0 Å². The van der Waals surface area contributed by atoms with E-state index in [9.17, 15) is 9.90 Å². The number of rotatable bonds is 5. The number of halogens is 1. The van der Waals surface area contributed by atoms with Crippen molar-refractivity contribution in [1.29, 1.82) is 0 Å². The number of nitrogens with one attached hydrogen (secondary N) is 3. The Labute approximate surface area is 234 Å². The van der Waals surface area contributed by atoms with Crippen molar-refractivity contribution in [2.45, 2.75) is 51.3 Å². The van der Waals surface area contributed by atoms with Crippen molar-refractivity contribution in [1.82, 2.24) is 20.6 Å². The Morgan fingerprint density at radius 3 is 2.85 bits per heavy atom. The van der Waals surface area contributed by atoms with Gasteiger partial charge < -0.3 is 25.8 Å². The van der Waals surface area contributed by atoms with Crippen LogP contribution in [0.15, 0.2) is 66.9 Å². The van der Waals surface area contributed by atoms with Crippen LogP contribution in [-0.4, -0.2) is 52.8 Å². The summed E-state index contributed by atoms with van der Waals surface area (Å²) in [6, 6.07) is 14.4. The van der Waals surface area contributed by atoms with Gasteiger partial charge in [-0.25, -0.2) is 4.98 Å². The van der Waals surface area contributed by atoms with Crippen LogP contribution in [-0.2, 0) is 18.4 Å². The standard InChI is InChI=1S/C30H36ClN5O3/c1-30(2,3)22-9-11-33-23(17-22)18-32-19-26(37)25-14-20-7-6-8-24(13-20)39-12-5-4-10-34-28-16-21(29(38)35-25)15-27(31)36-28/h4-9,11,13,15-17,25-26,32,37H,10,12,14,18-19H2,1-3H3,(H,34,36)(H,35,38)/b5-4-/t25-,26+/m0/s1. The summed E-state index contributed by atoms with van der Waals surface area (Å²) < 4.78 is 5.85. The third-order valence-corrected chi connectivity index (χ3v) is 6.64. The lowest BCUT2D eigenvalue weighted by Gasteiger charge is -2.25. The molecule has 9 heteroatoms. The second-order valence-electron chi connectivity index (χ2n) is 10.6. The zero-order chi connectivity index (χ0) is 27.8. The molecule has 0 spiro atoms. The third kappa shape index (κ3) is 8.51. The first-order valence-corrected chi connectivity index (χ1v) is 13.5. The van der Waals surface area contributed by atoms with E-state index in [4.69, 9.17) is 16.3 Å². The smallest absolute Gasteiger partial charge is 0.251 e. The maximum Gasteiger partial charge on any atom is 0.251 e. The van der Waals surface area contributed by atoms with Crippen LogP contribution < -0.4 is 20.7 Å². The Hall–Kier alpha value is -3.46. The number of hydrogen-bond acceptors (Lipinski definition) is 7. The van der Waals surface area contributed by atoms with Crippen LogP contribution in [0.4, 0.5) is 5.82 Å². The van der Waals surface area contributed by atoms with E-state index >= 15 is 0 Å². The number of ether oxygens (including phenoxy) is 1. The molecule has 4 rings (SSSR count). The van der Waals surface area contributed by atoms with Crippen molar-refractivity contribution in [3.63, 3.8) is 0 Å². The van der Waals surface area contributed by atoms with E-state index in [1.54, 1.807) is 6.07 Å². The molecular weight excluding hydrogens is 514 g/mol. The minimum absolute atomic E-state index is 0.0188. The number of fused-ring (bicyclic) bond motifs is 4. The van der Waals surface area contributed by atoms with E-state index in [2.05, 4.69) is 52.8 Å². The van der Waals surface area contributed by atoms with Gasteiger partial charge in [0.25, 0.3) is 5.91 Å². The van der Waals surface area contributed by atoms with Gasteiger partial charge in [0.1, 0.15) is 23.3 Å². The second-order valence-corrected chi connectivity index (χ2v) is 11.0. The number of hydrogen-bond donors (Lipinski definition) is 4. The molecule has 1 aliphatic rings. The van der Waals surface area contributed by atoms with Gasteiger partial charge in [0.2, 0.25) is 0 Å². The lowest BCUT2D eigenvalue weighted by Crippen LogP contribution is -2.48. The maximum atomic E-state index is 13.3. The number of amides is 1. The summed E-state index contributed by atoms with van der Waals surface area (Å²) in [7, 11) is 0. The van der Waals surface area contributed by atoms with Crippen LogP contribution >= 0.6 is 11.6 Å². The molecule has 0 aliphatic carbocycles. The van der Waals surface area contributed by atoms with Crippen LogP contribution in [0, 0.1) is 0 Å². The van der Waals surface area contributed by atoms with Gasteiger partial charge in [0.05, 0.1) is 17.8 Å². The number of anilines is 1. The molecule has 3 heterocycles. The van der Waals surface area contributed by atoms with E-state index in [0.29, 0.717) is 37.5 Å². The third-order valence-electron chi connectivity index (χ3n) is 6.45. The zero-order valence-corrected chi connectivity index (χ0v) is 23.3.